The second-order valence-electron chi connectivity index (χ2n) is 5.83. The van der Waals surface area contributed by atoms with Crippen LogP contribution in [-0.2, 0) is 4.79 Å². The molecule has 2 aliphatic rings. The number of carbonyl (C=O) groups excluding carboxylic acids is 2. The summed E-state index contributed by atoms with van der Waals surface area (Å²) in [6.45, 7) is 1.69. The largest absolute Gasteiger partial charge is 0.349 e. The van der Waals surface area contributed by atoms with E-state index in [-0.39, 0.29) is 17.7 Å². The molecule has 5 nitrogen and oxygen atoms in total. The summed E-state index contributed by atoms with van der Waals surface area (Å²) in [4.78, 5) is 24.5. The SMILES string of the molecule is O=C(NC1CC1)c1ccccc1NC(=O)[C@@H]1CCCNC1. The average molecular weight is 287 g/mol. The molecule has 1 saturated carbocycles. The van der Waals surface area contributed by atoms with Crippen molar-refractivity contribution in [2.45, 2.75) is 31.7 Å². The predicted molar refractivity (Wildman–Crippen MR) is 81.2 cm³/mol. The van der Waals surface area contributed by atoms with E-state index in [0.717, 1.165) is 32.2 Å². The highest BCUT2D eigenvalue weighted by atomic mass is 16.2. The first-order valence-corrected chi connectivity index (χ1v) is 7.65. The van der Waals surface area contributed by atoms with Gasteiger partial charge in [0.25, 0.3) is 5.91 Å². The highest BCUT2D eigenvalue weighted by Gasteiger charge is 2.26. The third-order valence-electron chi connectivity index (χ3n) is 4.01. The number of hydrogen-bond acceptors (Lipinski definition) is 3. The van der Waals surface area contributed by atoms with Crippen LogP contribution in [0.3, 0.4) is 0 Å². The third-order valence-corrected chi connectivity index (χ3v) is 4.01. The molecular weight excluding hydrogens is 266 g/mol. The van der Waals surface area contributed by atoms with Gasteiger partial charge in [0.05, 0.1) is 17.2 Å². The van der Waals surface area contributed by atoms with E-state index < -0.39 is 0 Å². The van der Waals surface area contributed by atoms with Gasteiger partial charge in [-0.05, 0) is 44.4 Å². The maximum absolute atomic E-state index is 12.3. The molecular formula is C16H21N3O2. The molecule has 3 N–H and O–H groups in total. The van der Waals surface area contributed by atoms with Crippen molar-refractivity contribution in [3.8, 4) is 0 Å². The molecule has 0 radical (unpaired) electrons. The van der Waals surface area contributed by atoms with Crippen LogP contribution < -0.4 is 16.0 Å². The Kier molecular flexibility index (Phi) is 4.20. The zero-order chi connectivity index (χ0) is 14.7. The van der Waals surface area contributed by atoms with Crippen molar-refractivity contribution in [3.05, 3.63) is 29.8 Å². The van der Waals surface area contributed by atoms with E-state index in [1.54, 1.807) is 12.1 Å². The molecule has 112 valence electrons. The van der Waals surface area contributed by atoms with Gasteiger partial charge < -0.3 is 16.0 Å². The van der Waals surface area contributed by atoms with Crippen LogP contribution >= 0.6 is 0 Å². The zero-order valence-electron chi connectivity index (χ0n) is 12.0. The van der Waals surface area contributed by atoms with Crippen LogP contribution in [0.4, 0.5) is 5.69 Å². The van der Waals surface area contributed by atoms with E-state index in [4.69, 9.17) is 0 Å². The van der Waals surface area contributed by atoms with Gasteiger partial charge in [0.2, 0.25) is 5.91 Å². The van der Waals surface area contributed by atoms with Gasteiger partial charge >= 0.3 is 0 Å². The van der Waals surface area contributed by atoms with E-state index in [9.17, 15) is 9.59 Å². The van der Waals surface area contributed by atoms with Gasteiger partial charge in [-0.1, -0.05) is 12.1 Å². The van der Waals surface area contributed by atoms with Crippen LogP contribution in [0.1, 0.15) is 36.0 Å². The van der Waals surface area contributed by atoms with Crippen LogP contribution in [0.15, 0.2) is 24.3 Å². The molecule has 2 amide bonds. The van der Waals surface area contributed by atoms with Crippen molar-refractivity contribution in [2.75, 3.05) is 18.4 Å². The van der Waals surface area contributed by atoms with Gasteiger partial charge in [0, 0.05) is 12.6 Å². The lowest BCUT2D eigenvalue weighted by Gasteiger charge is -2.22. The molecule has 0 aromatic heterocycles. The summed E-state index contributed by atoms with van der Waals surface area (Å²) in [6.07, 6.45) is 4.01. The lowest BCUT2D eigenvalue weighted by molar-refractivity contribution is -0.120. The van der Waals surface area contributed by atoms with Crippen LogP contribution in [0.5, 0.6) is 0 Å². The van der Waals surface area contributed by atoms with Crippen molar-refractivity contribution >= 4 is 17.5 Å². The van der Waals surface area contributed by atoms with Gasteiger partial charge in [0.15, 0.2) is 0 Å². The average Bonchev–Trinajstić information content (AvgIpc) is 3.32. The number of amides is 2. The van der Waals surface area contributed by atoms with Crippen molar-refractivity contribution in [3.63, 3.8) is 0 Å². The summed E-state index contributed by atoms with van der Waals surface area (Å²) in [5.74, 6) is -0.123. The van der Waals surface area contributed by atoms with Crippen molar-refractivity contribution in [1.29, 1.82) is 0 Å². The molecule has 0 spiro atoms. The lowest BCUT2D eigenvalue weighted by Crippen LogP contribution is -2.37. The van der Waals surface area contributed by atoms with Crippen LogP contribution in [0.25, 0.3) is 0 Å². The maximum Gasteiger partial charge on any atom is 0.253 e. The maximum atomic E-state index is 12.3. The number of piperidine rings is 1. The number of para-hydroxylation sites is 1. The van der Waals surface area contributed by atoms with Crippen molar-refractivity contribution in [1.82, 2.24) is 10.6 Å². The van der Waals surface area contributed by atoms with Crippen molar-refractivity contribution < 1.29 is 9.59 Å². The normalized spacial score (nSPS) is 21.6. The van der Waals surface area contributed by atoms with E-state index in [0.29, 0.717) is 23.8 Å². The third kappa shape index (κ3) is 3.61. The minimum Gasteiger partial charge on any atom is -0.349 e. The monoisotopic (exact) mass is 287 g/mol. The first-order valence-electron chi connectivity index (χ1n) is 7.65. The molecule has 2 fully saturated rings. The fraction of sp³-hybridized carbons (Fsp3) is 0.500. The number of anilines is 1. The summed E-state index contributed by atoms with van der Waals surface area (Å²) in [7, 11) is 0. The molecule has 5 heteroatoms. The minimum absolute atomic E-state index is 0.00567. The van der Waals surface area contributed by atoms with Crippen LogP contribution in [0.2, 0.25) is 0 Å². The highest BCUT2D eigenvalue weighted by Crippen LogP contribution is 2.22. The smallest absolute Gasteiger partial charge is 0.253 e. The molecule has 1 aromatic carbocycles. The van der Waals surface area contributed by atoms with Gasteiger partial charge in [-0.3, -0.25) is 9.59 Å². The Bertz CT molecular complexity index is 534. The second kappa shape index (κ2) is 6.26. The fourth-order valence-corrected chi connectivity index (χ4v) is 2.59. The number of benzene rings is 1. The number of carbonyl (C=O) groups is 2. The van der Waals surface area contributed by atoms with E-state index in [2.05, 4.69) is 16.0 Å². The summed E-state index contributed by atoms with van der Waals surface area (Å²) < 4.78 is 0. The Hall–Kier alpha value is -1.88. The van der Waals surface area contributed by atoms with Gasteiger partial charge in [-0.15, -0.1) is 0 Å². The molecule has 1 heterocycles. The molecule has 3 rings (SSSR count). The van der Waals surface area contributed by atoms with E-state index in [1.165, 1.54) is 0 Å². The summed E-state index contributed by atoms with van der Waals surface area (Å²) in [6, 6.07) is 7.51. The molecule has 0 bridgehead atoms. The minimum atomic E-state index is -0.102. The first kappa shape index (κ1) is 14.1. The summed E-state index contributed by atoms with van der Waals surface area (Å²) in [5, 5.41) is 9.11. The second-order valence-corrected chi connectivity index (χ2v) is 5.83. The molecule has 1 aromatic rings. The Labute approximate surface area is 124 Å². The molecule has 1 atom stereocenters. The van der Waals surface area contributed by atoms with Gasteiger partial charge in [-0.2, -0.15) is 0 Å². The van der Waals surface area contributed by atoms with Crippen molar-refractivity contribution in [2.24, 2.45) is 5.92 Å². The standard InChI is InChI=1S/C16H21N3O2/c20-15(11-4-3-9-17-10-11)19-14-6-2-1-5-13(14)16(21)18-12-7-8-12/h1-2,5-6,11-12,17H,3-4,7-10H2,(H,18,21)(H,19,20)/t11-/m1/s1. The Morgan fingerprint density at radius 1 is 1.14 bits per heavy atom. The van der Waals surface area contributed by atoms with E-state index in [1.807, 2.05) is 12.1 Å². The molecule has 1 saturated heterocycles. The summed E-state index contributed by atoms with van der Waals surface area (Å²) in [5.41, 5.74) is 1.15. The fourth-order valence-electron chi connectivity index (χ4n) is 2.59. The number of rotatable bonds is 4. The molecule has 1 aliphatic heterocycles. The summed E-state index contributed by atoms with van der Waals surface area (Å²) >= 11 is 0. The number of hydrogen-bond donors (Lipinski definition) is 3. The molecule has 0 unspecified atom stereocenters. The van der Waals surface area contributed by atoms with Gasteiger partial charge in [0.1, 0.15) is 0 Å². The molecule has 1 aliphatic carbocycles. The Morgan fingerprint density at radius 3 is 2.67 bits per heavy atom. The highest BCUT2D eigenvalue weighted by molar-refractivity contribution is 6.04. The van der Waals surface area contributed by atoms with Crippen LogP contribution in [0, 0.1) is 5.92 Å². The zero-order valence-corrected chi connectivity index (χ0v) is 12.0. The van der Waals surface area contributed by atoms with E-state index >= 15 is 0 Å². The topological polar surface area (TPSA) is 70.2 Å². The van der Waals surface area contributed by atoms with Gasteiger partial charge in [-0.25, -0.2) is 0 Å². The van der Waals surface area contributed by atoms with Crippen LogP contribution in [-0.4, -0.2) is 30.9 Å². The first-order chi connectivity index (χ1) is 10.2. The molecule has 21 heavy (non-hydrogen) atoms. The Morgan fingerprint density at radius 2 is 1.95 bits per heavy atom. The predicted octanol–water partition coefficient (Wildman–Crippen LogP) is 1.52. The Balaban J connectivity index is 1.68. The lowest BCUT2D eigenvalue weighted by atomic mass is 9.98. The quantitative estimate of drug-likeness (QED) is 0.786. The number of nitrogens with one attached hydrogen (secondary N) is 3.